The van der Waals surface area contributed by atoms with Crippen molar-refractivity contribution >= 4 is 45.0 Å². The van der Waals surface area contributed by atoms with Gasteiger partial charge in [-0.1, -0.05) is 54.6 Å². The van der Waals surface area contributed by atoms with Crippen molar-refractivity contribution in [3.63, 3.8) is 0 Å². The van der Waals surface area contributed by atoms with Crippen LogP contribution >= 0.6 is 11.3 Å². The minimum atomic E-state index is -0.292. The number of aromatic nitrogens is 2. The number of imide groups is 1. The zero-order chi connectivity index (χ0) is 29.3. The van der Waals surface area contributed by atoms with Crippen molar-refractivity contribution in [2.45, 2.75) is 25.7 Å². The molecule has 0 spiro atoms. The summed E-state index contributed by atoms with van der Waals surface area (Å²) in [6.45, 7) is 0.261. The summed E-state index contributed by atoms with van der Waals surface area (Å²) in [5, 5.41) is 0.947. The predicted molar refractivity (Wildman–Crippen MR) is 168 cm³/mol. The molecule has 3 heterocycles. The van der Waals surface area contributed by atoms with E-state index in [1.807, 2.05) is 54.6 Å². The number of thiophene rings is 1. The van der Waals surface area contributed by atoms with Crippen LogP contribution in [0.15, 0.2) is 78.9 Å². The van der Waals surface area contributed by atoms with E-state index in [0.29, 0.717) is 22.8 Å². The second-order valence-corrected chi connectivity index (χ2v) is 11.7. The molecule has 8 heteroatoms. The molecule has 3 aromatic carbocycles. The van der Waals surface area contributed by atoms with Gasteiger partial charge in [0.25, 0.3) is 11.8 Å². The number of ether oxygens (including phenoxy) is 2. The number of amides is 2. The van der Waals surface area contributed by atoms with Crippen molar-refractivity contribution in [2.75, 3.05) is 20.3 Å². The van der Waals surface area contributed by atoms with E-state index in [-0.39, 0.29) is 25.0 Å². The number of fused-ring (bicyclic) bond motifs is 4. The van der Waals surface area contributed by atoms with E-state index in [9.17, 15) is 9.59 Å². The summed E-state index contributed by atoms with van der Waals surface area (Å²) in [6, 6.07) is 24.9. The third-order valence-corrected chi connectivity index (χ3v) is 9.15. The van der Waals surface area contributed by atoms with Gasteiger partial charge in [0.2, 0.25) is 5.88 Å². The number of nitrogens with zero attached hydrogens (tertiary/aromatic N) is 3. The van der Waals surface area contributed by atoms with Crippen LogP contribution in [0.4, 0.5) is 0 Å². The summed E-state index contributed by atoms with van der Waals surface area (Å²) in [4.78, 5) is 39.5. The van der Waals surface area contributed by atoms with Gasteiger partial charge in [0.1, 0.15) is 17.2 Å². The van der Waals surface area contributed by atoms with Gasteiger partial charge in [0.05, 0.1) is 30.2 Å². The highest BCUT2D eigenvalue weighted by Gasteiger charge is 2.35. The average molecular weight is 588 g/mol. The number of aryl methyl sites for hydroxylation is 2. The molecule has 2 aliphatic rings. The quantitative estimate of drug-likeness (QED) is 0.146. The number of methoxy groups -OCH3 is 1. The van der Waals surface area contributed by atoms with Gasteiger partial charge in [-0.15, -0.1) is 11.3 Å². The standard InChI is InChI=1S/C35H29N3O4S/c1-41-24-17-15-22(16-18-24)21-28(23-9-3-2-4-10-23)31-36-32(30-27-13-7-8-14-29(27)43-33(30)37-31)42-20-19-38-34(39)25-11-5-6-12-26(25)35(38)40/h2-6,9-12,15-18,21H,7-8,13-14,19-20H2,1H3/b28-21+. The Labute approximate surface area is 253 Å². The average Bonchev–Trinajstić information content (AvgIpc) is 3.55. The van der Waals surface area contributed by atoms with Gasteiger partial charge in [-0.25, -0.2) is 4.98 Å². The fourth-order valence-electron chi connectivity index (χ4n) is 5.79. The minimum Gasteiger partial charge on any atom is -0.497 e. The highest BCUT2D eigenvalue weighted by Crippen LogP contribution is 2.41. The summed E-state index contributed by atoms with van der Waals surface area (Å²) in [5.41, 5.74) is 4.96. The molecule has 2 amide bonds. The van der Waals surface area contributed by atoms with Gasteiger partial charge < -0.3 is 9.47 Å². The Morgan fingerprint density at radius 1 is 0.884 bits per heavy atom. The summed E-state index contributed by atoms with van der Waals surface area (Å²) in [6.07, 6.45) is 6.32. The van der Waals surface area contributed by atoms with E-state index >= 15 is 0 Å². The molecule has 2 aromatic heterocycles. The number of carbonyl (C=O) groups excluding carboxylic acids is 2. The maximum Gasteiger partial charge on any atom is 0.261 e. The molecule has 7 nitrogen and oxygen atoms in total. The molecule has 214 valence electrons. The molecule has 1 aliphatic heterocycles. The lowest BCUT2D eigenvalue weighted by atomic mass is 9.97. The first-order chi connectivity index (χ1) is 21.1. The molecular weight excluding hydrogens is 558 g/mol. The van der Waals surface area contributed by atoms with Crippen molar-refractivity contribution in [1.82, 2.24) is 14.9 Å². The largest absolute Gasteiger partial charge is 0.497 e. The van der Waals surface area contributed by atoms with Crippen LogP contribution in [0.3, 0.4) is 0 Å². The van der Waals surface area contributed by atoms with E-state index in [2.05, 4.69) is 6.08 Å². The summed E-state index contributed by atoms with van der Waals surface area (Å²) in [7, 11) is 1.65. The summed E-state index contributed by atoms with van der Waals surface area (Å²) in [5.74, 6) is 1.25. The van der Waals surface area contributed by atoms with Crippen LogP contribution in [0.25, 0.3) is 21.9 Å². The van der Waals surface area contributed by atoms with Crippen LogP contribution in [0.5, 0.6) is 11.6 Å². The van der Waals surface area contributed by atoms with Gasteiger partial charge in [-0.05, 0) is 72.7 Å². The Morgan fingerprint density at radius 3 is 2.30 bits per heavy atom. The van der Waals surface area contributed by atoms with Gasteiger partial charge in [-0.3, -0.25) is 14.5 Å². The first-order valence-corrected chi connectivity index (χ1v) is 15.2. The van der Waals surface area contributed by atoms with Crippen LogP contribution in [0.1, 0.15) is 60.9 Å². The Bertz CT molecular complexity index is 1840. The lowest BCUT2D eigenvalue weighted by molar-refractivity contribution is 0.0630. The molecule has 1 aliphatic carbocycles. The Hall–Kier alpha value is -4.82. The molecule has 0 atom stereocenters. The normalized spacial score (nSPS) is 14.6. The van der Waals surface area contributed by atoms with E-state index in [4.69, 9.17) is 19.4 Å². The van der Waals surface area contributed by atoms with Crippen LogP contribution in [0.2, 0.25) is 0 Å². The monoisotopic (exact) mass is 587 g/mol. The number of carbonyl (C=O) groups is 2. The minimum absolute atomic E-state index is 0.129. The van der Waals surface area contributed by atoms with E-state index in [0.717, 1.165) is 58.3 Å². The lowest BCUT2D eigenvalue weighted by Crippen LogP contribution is -2.33. The first kappa shape index (κ1) is 27.0. The van der Waals surface area contributed by atoms with Gasteiger partial charge in [0.15, 0.2) is 5.82 Å². The van der Waals surface area contributed by atoms with Crippen LogP contribution in [0, 0.1) is 0 Å². The van der Waals surface area contributed by atoms with Crippen LogP contribution in [-0.4, -0.2) is 46.9 Å². The molecule has 0 unspecified atom stereocenters. The second-order valence-electron chi connectivity index (χ2n) is 10.6. The fraction of sp³-hybridized carbons (Fsp3) is 0.200. The lowest BCUT2D eigenvalue weighted by Gasteiger charge is -2.16. The predicted octanol–water partition coefficient (Wildman–Crippen LogP) is 6.84. The third-order valence-electron chi connectivity index (χ3n) is 7.97. The molecule has 5 aromatic rings. The smallest absolute Gasteiger partial charge is 0.261 e. The third kappa shape index (κ3) is 5.08. The zero-order valence-corrected chi connectivity index (χ0v) is 24.5. The maximum atomic E-state index is 12.9. The van der Waals surface area contributed by atoms with Crippen molar-refractivity contribution in [3.05, 3.63) is 117 Å². The SMILES string of the molecule is COc1ccc(/C=C(\c2ccccc2)c2nc(OCCN3C(=O)c4ccccc4C3=O)c3c4c(sc3n2)CCCC4)cc1. The molecule has 0 N–H and O–H groups in total. The van der Waals surface area contributed by atoms with Gasteiger partial charge in [0, 0.05) is 10.5 Å². The van der Waals surface area contributed by atoms with Gasteiger partial charge in [-0.2, -0.15) is 4.98 Å². The van der Waals surface area contributed by atoms with E-state index < -0.39 is 0 Å². The molecular formula is C35H29N3O4S. The molecule has 43 heavy (non-hydrogen) atoms. The van der Waals surface area contributed by atoms with Gasteiger partial charge >= 0.3 is 0 Å². The van der Waals surface area contributed by atoms with Crippen LogP contribution < -0.4 is 9.47 Å². The van der Waals surface area contributed by atoms with Crippen molar-refractivity contribution < 1.29 is 19.1 Å². The maximum absolute atomic E-state index is 12.9. The van der Waals surface area contributed by atoms with Crippen LogP contribution in [-0.2, 0) is 12.8 Å². The number of hydrogen-bond acceptors (Lipinski definition) is 7. The first-order valence-electron chi connectivity index (χ1n) is 14.4. The highest BCUT2D eigenvalue weighted by atomic mass is 32.1. The topological polar surface area (TPSA) is 81.6 Å². The zero-order valence-electron chi connectivity index (χ0n) is 23.7. The fourth-order valence-corrected chi connectivity index (χ4v) is 7.04. The van der Waals surface area contributed by atoms with Crippen molar-refractivity contribution in [1.29, 1.82) is 0 Å². The Balaban J connectivity index is 1.27. The summed E-state index contributed by atoms with van der Waals surface area (Å²) < 4.78 is 11.7. The van der Waals surface area contributed by atoms with Crippen molar-refractivity contribution in [3.8, 4) is 11.6 Å². The second kappa shape index (κ2) is 11.5. The Morgan fingerprint density at radius 2 is 1.58 bits per heavy atom. The highest BCUT2D eigenvalue weighted by molar-refractivity contribution is 7.18. The molecule has 0 bridgehead atoms. The number of hydrogen-bond donors (Lipinski definition) is 0. The van der Waals surface area contributed by atoms with E-state index in [1.54, 1.807) is 42.7 Å². The number of rotatable bonds is 8. The molecule has 0 fully saturated rings. The van der Waals surface area contributed by atoms with Crippen molar-refractivity contribution in [2.24, 2.45) is 0 Å². The molecule has 0 radical (unpaired) electrons. The molecule has 0 saturated carbocycles. The Kier molecular flexibility index (Phi) is 7.20. The molecule has 7 rings (SSSR count). The summed E-state index contributed by atoms with van der Waals surface area (Å²) >= 11 is 1.71. The molecule has 0 saturated heterocycles. The van der Waals surface area contributed by atoms with E-state index in [1.165, 1.54) is 15.3 Å². The number of benzene rings is 3.